The van der Waals surface area contributed by atoms with E-state index in [1.54, 1.807) is 42.5 Å². The zero-order valence-electron chi connectivity index (χ0n) is 12.1. The molecule has 0 spiro atoms. The van der Waals surface area contributed by atoms with Crippen LogP contribution in [0.5, 0.6) is 0 Å². The summed E-state index contributed by atoms with van der Waals surface area (Å²) in [6, 6.07) is 14.9. The molecule has 0 atom stereocenters. The molecule has 0 aliphatic carbocycles. The van der Waals surface area contributed by atoms with Crippen molar-refractivity contribution >= 4 is 31.9 Å². The van der Waals surface area contributed by atoms with Crippen molar-refractivity contribution in [3.63, 3.8) is 0 Å². The van der Waals surface area contributed by atoms with Crippen molar-refractivity contribution in [2.75, 3.05) is 11.9 Å². The van der Waals surface area contributed by atoms with Gasteiger partial charge < -0.3 is 0 Å². The lowest BCUT2D eigenvalue weighted by atomic mass is 10.2. The molecule has 0 unspecified atom stereocenters. The fraction of sp³-hybridized carbons (Fsp3) is 0.188. The Hall–Kier alpha value is -1.66. The van der Waals surface area contributed by atoms with Gasteiger partial charge in [0.25, 0.3) is 15.9 Å². The van der Waals surface area contributed by atoms with E-state index < -0.39 is 15.9 Å². The van der Waals surface area contributed by atoms with Crippen LogP contribution in [0.25, 0.3) is 0 Å². The molecule has 0 aliphatic heterocycles. The minimum absolute atomic E-state index is 0.0734. The van der Waals surface area contributed by atoms with Gasteiger partial charge >= 0.3 is 0 Å². The summed E-state index contributed by atoms with van der Waals surface area (Å²) in [5.41, 5.74) is 1.31. The van der Waals surface area contributed by atoms with Gasteiger partial charge in [0.1, 0.15) is 0 Å². The number of hydrogen-bond acceptors (Lipinski definition) is 3. The molecule has 0 heterocycles. The van der Waals surface area contributed by atoms with Crippen molar-refractivity contribution in [3.05, 3.63) is 65.7 Å². The Labute approximate surface area is 138 Å². The second kappa shape index (κ2) is 7.07. The highest BCUT2D eigenvalue weighted by atomic mass is 79.9. The van der Waals surface area contributed by atoms with Crippen LogP contribution >= 0.6 is 15.9 Å². The van der Waals surface area contributed by atoms with Crippen LogP contribution in [-0.4, -0.2) is 30.5 Å². The van der Waals surface area contributed by atoms with Crippen LogP contribution in [0.1, 0.15) is 15.9 Å². The predicted molar refractivity (Wildman–Crippen MR) is 89.6 cm³/mol. The molecule has 0 saturated carbocycles. The van der Waals surface area contributed by atoms with Crippen LogP contribution in [0.15, 0.2) is 59.5 Å². The SMILES string of the molecule is Cc1ccc(S(=O)(=O)N(CCBr)C(=O)c2ccccc2)cc1. The van der Waals surface area contributed by atoms with Gasteiger partial charge in [-0.3, -0.25) is 4.79 Å². The molecule has 0 bridgehead atoms. The van der Waals surface area contributed by atoms with E-state index >= 15 is 0 Å². The zero-order chi connectivity index (χ0) is 16.2. The molecule has 22 heavy (non-hydrogen) atoms. The van der Waals surface area contributed by atoms with Crippen molar-refractivity contribution < 1.29 is 13.2 Å². The van der Waals surface area contributed by atoms with Crippen molar-refractivity contribution in [3.8, 4) is 0 Å². The van der Waals surface area contributed by atoms with Gasteiger partial charge in [-0.25, -0.2) is 12.7 Å². The molecule has 116 valence electrons. The quantitative estimate of drug-likeness (QED) is 0.747. The summed E-state index contributed by atoms with van der Waals surface area (Å²) in [6.07, 6.45) is 0. The standard InChI is InChI=1S/C16H16BrNO3S/c1-13-7-9-15(10-8-13)22(20,21)18(12-11-17)16(19)14-5-3-2-4-6-14/h2-10H,11-12H2,1H3. The number of sulfonamides is 1. The van der Waals surface area contributed by atoms with Crippen LogP contribution in [-0.2, 0) is 10.0 Å². The normalized spacial score (nSPS) is 11.2. The van der Waals surface area contributed by atoms with Crippen molar-refractivity contribution in [1.29, 1.82) is 0 Å². The molecule has 2 aromatic carbocycles. The molecular formula is C16H16BrNO3S. The second-order valence-corrected chi connectivity index (χ2v) is 7.41. The highest BCUT2D eigenvalue weighted by Crippen LogP contribution is 2.19. The van der Waals surface area contributed by atoms with Crippen molar-refractivity contribution in [2.24, 2.45) is 0 Å². The highest BCUT2D eigenvalue weighted by molar-refractivity contribution is 9.09. The number of carbonyl (C=O) groups is 1. The minimum Gasteiger partial charge on any atom is -0.268 e. The van der Waals surface area contributed by atoms with Gasteiger partial charge in [-0.1, -0.05) is 51.8 Å². The number of hydrogen-bond donors (Lipinski definition) is 0. The van der Waals surface area contributed by atoms with Crippen molar-refractivity contribution in [2.45, 2.75) is 11.8 Å². The number of benzene rings is 2. The maximum Gasteiger partial charge on any atom is 0.267 e. The minimum atomic E-state index is -3.87. The molecule has 2 aromatic rings. The summed E-state index contributed by atoms with van der Waals surface area (Å²) in [6.45, 7) is 1.95. The van der Waals surface area contributed by atoms with E-state index in [-0.39, 0.29) is 11.4 Å². The molecule has 1 amide bonds. The van der Waals surface area contributed by atoms with E-state index in [4.69, 9.17) is 0 Å². The molecule has 0 radical (unpaired) electrons. The summed E-state index contributed by atoms with van der Waals surface area (Å²) >= 11 is 3.21. The Morgan fingerprint density at radius 1 is 1.05 bits per heavy atom. The first-order chi connectivity index (χ1) is 10.5. The van der Waals surface area contributed by atoms with E-state index in [9.17, 15) is 13.2 Å². The number of aryl methyl sites for hydroxylation is 1. The van der Waals surface area contributed by atoms with Crippen molar-refractivity contribution in [1.82, 2.24) is 4.31 Å². The molecule has 2 rings (SSSR count). The van der Waals surface area contributed by atoms with Crippen LogP contribution in [0.3, 0.4) is 0 Å². The number of alkyl halides is 1. The number of amides is 1. The van der Waals surface area contributed by atoms with E-state index in [0.29, 0.717) is 10.9 Å². The first kappa shape index (κ1) is 16.7. The number of rotatable bonds is 5. The molecule has 0 aliphatic rings. The van der Waals surface area contributed by atoms with Gasteiger partial charge in [-0.05, 0) is 31.2 Å². The second-order valence-electron chi connectivity index (χ2n) is 4.75. The van der Waals surface area contributed by atoms with Gasteiger partial charge in [0.15, 0.2) is 0 Å². The topological polar surface area (TPSA) is 54.5 Å². The maximum absolute atomic E-state index is 12.7. The molecular weight excluding hydrogens is 366 g/mol. The van der Waals surface area contributed by atoms with E-state index in [1.807, 2.05) is 6.92 Å². The summed E-state index contributed by atoms with van der Waals surface area (Å²) in [7, 11) is -3.87. The van der Waals surface area contributed by atoms with Gasteiger partial charge in [-0.15, -0.1) is 0 Å². The highest BCUT2D eigenvalue weighted by Gasteiger charge is 2.29. The smallest absolute Gasteiger partial charge is 0.267 e. The fourth-order valence-electron chi connectivity index (χ4n) is 1.97. The third-order valence-electron chi connectivity index (χ3n) is 3.14. The molecule has 0 fully saturated rings. The van der Waals surface area contributed by atoms with Crippen LogP contribution < -0.4 is 0 Å². The number of carbonyl (C=O) groups excluding carboxylic acids is 1. The first-order valence-electron chi connectivity index (χ1n) is 6.71. The lowest BCUT2D eigenvalue weighted by Gasteiger charge is -2.22. The monoisotopic (exact) mass is 381 g/mol. The van der Waals surface area contributed by atoms with E-state index in [2.05, 4.69) is 15.9 Å². The number of halogens is 1. The van der Waals surface area contributed by atoms with Crippen LogP contribution in [0.2, 0.25) is 0 Å². The van der Waals surface area contributed by atoms with Gasteiger partial charge in [-0.2, -0.15) is 0 Å². The first-order valence-corrected chi connectivity index (χ1v) is 9.27. The lowest BCUT2D eigenvalue weighted by Crippen LogP contribution is -2.38. The van der Waals surface area contributed by atoms with Gasteiger partial charge in [0, 0.05) is 17.4 Å². The average molecular weight is 382 g/mol. The summed E-state index contributed by atoms with van der Waals surface area (Å²) in [5.74, 6) is -0.527. The Balaban J connectivity index is 2.42. The molecule has 4 nitrogen and oxygen atoms in total. The third-order valence-corrected chi connectivity index (χ3v) is 5.30. The zero-order valence-corrected chi connectivity index (χ0v) is 14.5. The van der Waals surface area contributed by atoms with E-state index in [0.717, 1.165) is 9.87 Å². The predicted octanol–water partition coefficient (Wildman–Crippen LogP) is 3.22. The Morgan fingerprint density at radius 3 is 2.18 bits per heavy atom. The summed E-state index contributed by atoms with van der Waals surface area (Å²) < 4.78 is 26.4. The van der Waals surface area contributed by atoms with Gasteiger partial charge in [0.2, 0.25) is 0 Å². The molecule has 0 aromatic heterocycles. The Bertz CT molecular complexity index is 743. The molecule has 0 N–H and O–H groups in total. The Kier molecular flexibility index (Phi) is 5.37. The average Bonchev–Trinajstić information content (AvgIpc) is 2.53. The summed E-state index contributed by atoms with van der Waals surface area (Å²) in [4.78, 5) is 12.7. The Morgan fingerprint density at radius 2 is 1.64 bits per heavy atom. The molecule has 6 heteroatoms. The summed E-state index contributed by atoms with van der Waals surface area (Å²) in [5, 5.41) is 0.372. The van der Waals surface area contributed by atoms with E-state index in [1.165, 1.54) is 12.1 Å². The third kappa shape index (κ3) is 3.56. The maximum atomic E-state index is 12.7. The van der Waals surface area contributed by atoms with Crippen LogP contribution in [0, 0.1) is 6.92 Å². The van der Waals surface area contributed by atoms with Gasteiger partial charge in [0.05, 0.1) is 4.90 Å². The fourth-order valence-corrected chi connectivity index (χ4v) is 3.95. The number of nitrogens with zero attached hydrogens (tertiary/aromatic N) is 1. The molecule has 0 saturated heterocycles. The largest absolute Gasteiger partial charge is 0.268 e. The lowest BCUT2D eigenvalue weighted by molar-refractivity contribution is 0.0867. The van der Waals surface area contributed by atoms with Crippen LogP contribution in [0.4, 0.5) is 0 Å².